The van der Waals surface area contributed by atoms with E-state index in [1.165, 1.54) is 23.8 Å². The maximum Gasteiger partial charge on any atom is 0.343 e. The van der Waals surface area contributed by atoms with E-state index >= 15 is 0 Å². The lowest BCUT2D eigenvalue weighted by Crippen LogP contribution is -2.39. The molecule has 0 unspecified atom stereocenters. The number of esters is 1. The Bertz CT molecular complexity index is 1180. The highest BCUT2D eigenvalue weighted by Crippen LogP contribution is 2.25. The summed E-state index contributed by atoms with van der Waals surface area (Å²) in [5, 5.41) is 2.66. The summed E-state index contributed by atoms with van der Waals surface area (Å²) in [7, 11) is 1.24. The van der Waals surface area contributed by atoms with Crippen LogP contribution in [0.4, 0.5) is 4.39 Å². The van der Waals surface area contributed by atoms with E-state index in [9.17, 15) is 23.6 Å². The molecule has 1 N–H and O–H groups in total. The number of ether oxygens (including phenoxy) is 2. The van der Waals surface area contributed by atoms with E-state index in [0.29, 0.717) is 17.8 Å². The van der Waals surface area contributed by atoms with Crippen LogP contribution < -0.4 is 15.6 Å². The van der Waals surface area contributed by atoms with Crippen LogP contribution in [0, 0.1) is 11.7 Å². The summed E-state index contributed by atoms with van der Waals surface area (Å²) in [5.74, 6) is -1.68. The van der Waals surface area contributed by atoms with Crippen molar-refractivity contribution in [3.8, 4) is 5.75 Å². The molecule has 0 saturated carbocycles. The van der Waals surface area contributed by atoms with Gasteiger partial charge in [-0.1, -0.05) is 18.2 Å². The molecule has 0 aliphatic carbocycles. The van der Waals surface area contributed by atoms with Crippen molar-refractivity contribution < 1.29 is 28.2 Å². The molecular weight excluding hydrogens is 445 g/mol. The molecule has 0 radical (unpaired) electrons. The molecule has 2 aliphatic heterocycles. The molecule has 0 bridgehead atoms. The van der Waals surface area contributed by atoms with Crippen LogP contribution in [-0.2, 0) is 33.7 Å². The van der Waals surface area contributed by atoms with E-state index in [-0.39, 0.29) is 80.0 Å². The van der Waals surface area contributed by atoms with Gasteiger partial charge in [0.05, 0.1) is 19.6 Å². The number of rotatable bonds is 6. The van der Waals surface area contributed by atoms with E-state index in [1.54, 1.807) is 23.1 Å². The molecule has 1 saturated heterocycles. The molecule has 10 heteroatoms. The molecule has 0 spiro atoms. The highest BCUT2D eigenvalue weighted by Gasteiger charge is 2.33. The minimum atomic E-state index is -0.657. The first-order chi connectivity index (χ1) is 16.4. The topological polar surface area (TPSA) is 107 Å². The molecule has 1 aromatic carbocycles. The number of carbonyl (C=O) groups excluding carboxylic acids is 3. The van der Waals surface area contributed by atoms with Crippen LogP contribution in [0.2, 0.25) is 0 Å². The summed E-state index contributed by atoms with van der Waals surface area (Å²) in [5.41, 5.74) is 0.650. The summed E-state index contributed by atoms with van der Waals surface area (Å²) in [6, 6.07) is 7.54. The number of amides is 2. The number of pyridine rings is 1. The summed E-state index contributed by atoms with van der Waals surface area (Å²) < 4.78 is 26.1. The maximum absolute atomic E-state index is 13.9. The highest BCUT2D eigenvalue weighted by molar-refractivity contribution is 5.94. The first kappa shape index (κ1) is 23.5. The number of aromatic nitrogens is 1. The third-order valence-corrected chi connectivity index (χ3v) is 6.21. The number of methoxy groups -OCH3 is 1. The number of fused-ring (bicyclic) bond motifs is 1. The third kappa shape index (κ3) is 4.80. The number of carbonyl (C=O) groups is 3. The Kier molecular flexibility index (Phi) is 6.95. The van der Waals surface area contributed by atoms with Gasteiger partial charge in [0, 0.05) is 57.2 Å². The van der Waals surface area contributed by atoms with Crippen LogP contribution >= 0.6 is 0 Å². The molecule has 34 heavy (non-hydrogen) atoms. The van der Waals surface area contributed by atoms with Gasteiger partial charge in [0.1, 0.15) is 17.1 Å². The zero-order valence-electron chi connectivity index (χ0n) is 18.8. The van der Waals surface area contributed by atoms with Crippen LogP contribution in [0.15, 0.2) is 35.1 Å². The van der Waals surface area contributed by atoms with Gasteiger partial charge in [-0.15, -0.1) is 0 Å². The first-order valence-corrected chi connectivity index (χ1v) is 11.2. The Labute approximate surface area is 195 Å². The van der Waals surface area contributed by atoms with Crippen molar-refractivity contribution in [2.45, 2.75) is 25.8 Å². The Morgan fingerprint density at radius 2 is 1.97 bits per heavy atom. The molecule has 1 atom stereocenters. The van der Waals surface area contributed by atoms with E-state index in [4.69, 9.17) is 9.47 Å². The van der Waals surface area contributed by atoms with E-state index in [1.807, 2.05) is 0 Å². The Balaban J connectivity index is 1.56. The van der Waals surface area contributed by atoms with E-state index in [2.05, 4.69) is 5.32 Å². The maximum atomic E-state index is 13.9. The molecule has 2 amide bonds. The monoisotopic (exact) mass is 471 g/mol. The van der Waals surface area contributed by atoms with Gasteiger partial charge < -0.3 is 24.3 Å². The summed E-state index contributed by atoms with van der Waals surface area (Å²) in [6.45, 7) is 1.12. The summed E-state index contributed by atoms with van der Waals surface area (Å²) >= 11 is 0. The fraction of sp³-hybridized carbons (Fsp3) is 0.417. The van der Waals surface area contributed by atoms with Crippen LogP contribution in [0.1, 0.15) is 28.0 Å². The quantitative estimate of drug-likeness (QED) is 0.628. The highest BCUT2D eigenvalue weighted by atomic mass is 19.1. The molecule has 180 valence electrons. The Morgan fingerprint density at radius 1 is 1.18 bits per heavy atom. The van der Waals surface area contributed by atoms with E-state index < -0.39 is 11.9 Å². The van der Waals surface area contributed by atoms with Crippen LogP contribution in [0.25, 0.3) is 0 Å². The molecule has 4 rings (SSSR count). The van der Waals surface area contributed by atoms with Gasteiger partial charge in [-0.2, -0.15) is 0 Å². The number of nitrogens with zero attached hydrogens (tertiary/aromatic N) is 2. The molecule has 9 nitrogen and oxygen atoms in total. The second-order valence-electron chi connectivity index (χ2n) is 8.28. The number of hydrogen-bond donors (Lipinski definition) is 1. The zero-order chi connectivity index (χ0) is 24.2. The Morgan fingerprint density at radius 3 is 2.68 bits per heavy atom. The summed E-state index contributed by atoms with van der Waals surface area (Å²) in [4.78, 5) is 51.6. The van der Waals surface area contributed by atoms with Crippen molar-refractivity contribution in [3.05, 3.63) is 63.3 Å². The van der Waals surface area contributed by atoms with Crippen molar-refractivity contribution in [2.24, 2.45) is 5.92 Å². The fourth-order valence-corrected chi connectivity index (χ4v) is 4.42. The molecular formula is C24H26FN3O6. The second kappa shape index (κ2) is 10.1. The average Bonchev–Trinajstić information content (AvgIpc) is 3.14. The van der Waals surface area contributed by atoms with Crippen molar-refractivity contribution in [1.82, 2.24) is 14.8 Å². The predicted octanol–water partition coefficient (Wildman–Crippen LogP) is 0.916. The first-order valence-electron chi connectivity index (χ1n) is 11.2. The van der Waals surface area contributed by atoms with Gasteiger partial charge in [-0.25, -0.2) is 9.18 Å². The lowest BCUT2D eigenvalue weighted by molar-refractivity contribution is -0.135. The van der Waals surface area contributed by atoms with Gasteiger partial charge in [-0.3, -0.25) is 14.4 Å². The van der Waals surface area contributed by atoms with Crippen LogP contribution in [-0.4, -0.2) is 60.6 Å². The number of hydrogen-bond acceptors (Lipinski definition) is 6. The smallest absolute Gasteiger partial charge is 0.343 e. The molecule has 3 heterocycles. The number of halogens is 1. The molecule has 2 aromatic rings. The van der Waals surface area contributed by atoms with E-state index in [0.717, 1.165) is 0 Å². The average molecular weight is 471 g/mol. The lowest BCUT2D eigenvalue weighted by atomic mass is 10.1. The zero-order valence-corrected chi connectivity index (χ0v) is 18.8. The minimum absolute atomic E-state index is 0.0567. The van der Waals surface area contributed by atoms with Gasteiger partial charge >= 0.3 is 5.97 Å². The van der Waals surface area contributed by atoms with Crippen molar-refractivity contribution in [3.63, 3.8) is 0 Å². The van der Waals surface area contributed by atoms with Gasteiger partial charge in [-0.05, 0) is 11.6 Å². The standard InChI is InChI=1S/C24H26FN3O6/c1-33-24(32)22-18-6-8-27(23(31)16-12-20(29)26-14-16)9-10-28(18)21(30)13-19(22)34-11-7-15-4-2-3-5-17(15)25/h2-5,13,16H,6-12,14H2,1H3,(H,26,29)/t16-/m1/s1. The van der Waals surface area contributed by atoms with Crippen molar-refractivity contribution in [2.75, 3.05) is 33.4 Å². The van der Waals surface area contributed by atoms with Crippen molar-refractivity contribution in [1.29, 1.82) is 0 Å². The SMILES string of the molecule is COC(=O)c1c(OCCc2ccccc2F)cc(=O)n2c1CCN(C(=O)[C@H]1CNC(=O)C1)CC2. The summed E-state index contributed by atoms with van der Waals surface area (Å²) in [6.07, 6.45) is 0.641. The fourth-order valence-electron chi connectivity index (χ4n) is 4.42. The predicted molar refractivity (Wildman–Crippen MR) is 119 cm³/mol. The molecule has 1 fully saturated rings. The van der Waals surface area contributed by atoms with Crippen molar-refractivity contribution >= 4 is 17.8 Å². The minimum Gasteiger partial charge on any atom is -0.492 e. The Hall–Kier alpha value is -3.69. The van der Waals surface area contributed by atoms with Crippen LogP contribution in [0.3, 0.4) is 0 Å². The largest absolute Gasteiger partial charge is 0.492 e. The van der Waals surface area contributed by atoms with Crippen LogP contribution in [0.5, 0.6) is 5.75 Å². The second-order valence-corrected chi connectivity index (χ2v) is 8.28. The lowest BCUT2D eigenvalue weighted by Gasteiger charge is -2.22. The third-order valence-electron chi connectivity index (χ3n) is 6.21. The van der Waals surface area contributed by atoms with Gasteiger partial charge in [0.15, 0.2) is 0 Å². The van der Waals surface area contributed by atoms with Gasteiger partial charge in [0.25, 0.3) is 5.56 Å². The normalized spacial score (nSPS) is 17.5. The molecule has 2 aliphatic rings. The van der Waals surface area contributed by atoms with Gasteiger partial charge in [0.2, 0.25) is 11.8 Å². The number of nitrogens with one attached hydrogen (secondary N) is 1. The molecule has 1 aromatic heterocycles. The number of benzene rings is 1.